The number of hydrogen-bond acceptors (Lipinski definition) is 0. The van der Waals surface area contributed by atoms with Crippen LogP contribution in [0.3, 0.4) is 0 Å². The average molecular weight is 448 g/mol. The molecule has 0 fully saturated rings. The van der Waals surface area contributed by atoms with Crippen LogP contribution in [0.15, 0.2) is 0 Å². The number of nitrogens with zero attached hydrogens (tertiary/aromatic N) is 1. The van der Waals surface area contributed by atoms with Crippen LogP contribution in [0.2, 0.25) is 0 Å². The monoisotopic (exact) mass is 447 g/mol. The van der Waals surface area contributed by atoms with Gasteiger partial charge in [0, 0.05) is 0 Å². The molecule has 30 heavy (non-hydrogen) atoms. The minimum atomic E-state index is 0. The molecule has 0 N–H and O–H groups in total. The molecule has 2 atom stereocenters. The van der Waals surface area contributed by atoms with E-state index in [0.717, 1.165) is 0 Å². The van der Waals surface area contributed by atoms with Crippen molar-refractivity contribution in [2.24, 2.45) is 10.8 Å². The smallest absolute Gasteiger partial charge is 0.657 e. The first-order valence-corrected chi connectivity index (χ1v) is 13.2. The fraction of sp³-hybridized carbons (Fsp3) is 1.00. The third-order valence-corrected chi connectivity index (χ3v) is 6.11. The summed E-state index contributed by atoms with van der Waals surface area (Å²) in [5, 5.41) is 5.03. The van der Waals surface area contributed by atoms with Gasteiger partial charge in [-0.1, -0.05) is 145 Å². The molecule has 0 spiro atoms. The fourth-order valence-electron chi connectivity index (χ4n) is 4.19. The summed E-state index contributed by atoms with van der Waals surface area (Å²) in [5.41, 5.74) is 1.03. The van der Waals surface area contributed by atoms with Crippen LogP contribution < -0.4 is 51.4 Å². The van der Waals surface area contributed by atoms with Crippen LogP contribution in [0.4, 0.5) is 0 Å². The van der Waals surface area contributed by atoms with Crippen molar-refractivity contribution >= 4 is 0 Å². The molecule has 0 aliphatic heterocycles. The molecule has 2 unspecified atom stereocenters. The van der Waals surface area contributed by atoms with Gasteiger partial charge in [0.2, 0.25) is 0 Å². The van der Waals surface area contributed by atoms with Crippen LogP contribution in [-0.4, -0.2) is 12.1 Å². The SMILES string of the molecule is CC(CCCCCCCCC(C)(C)C)[N-]C(C)CCCCCCCCC(C)(C)C.[K+]. The summed E-state index contributed by atoms with van der Waals surface area (Å²) < 4.78 is 0. The first kappa shape index (κ1) is 33.8. The average Bonchev–Trinajstić information content (AvgIpc) is 2.57. The molecule has 0 aliphatic carbocycles. The molecule has 0 aromatic rings. The maximum atomic E-state index is 5.03. The van der Waals surface area contributed by atoms with Crippen LogP contribution in [0.25, 0.3) is 5.32 Å². The predicted octanol–water partition coefficient (Wildman–Crippen LogP) is 7.47. The summed E-state index contributed by atoms with van der Waals surface area (Å²) in [5.74, 6) is 0. The summed E-state index contributed by atoms with van der Waals surface area (Å²) in [4.78, 5) is 0. The molecule has 0 amide bonds. The second-order valence-electron chi connectivity index (χ2n) is 12.3. The van der Waals surface area contributed by atoms with Crippen LogP contribution in [0.1, 0.15) is 158 Å². The van der Waals surface area contributed by atoms with Gasteiger partial charge in [0.1, 0.15) is 0 Å². The number of hydrogen-bond donors (Lipinski definition) is 0. The molecule has 0 bridgehead atoms. The minimum Gasteiger partial charge on any atom is -0.657 e. The van der Waals surface area contributed by atoms with E-state index >= 15 is 0 Å². The maximum Gasteiger partial charge on any atom is 1.00 e. The Hall–Kier alpha value is 1.60. The zero-order valence-electron chi connectivity index (χ0n) is 22.9. The predicted molar refractivity (Wildman–Crippen MR) is 135 cm³/mol. The van der Waals surface area contributed by atoms with Crippen molar-refractivity contribution in [2.75, 3.05) is 0 Å². The Kier molecular flexibility index (Phi) is 22.5. The molecule has 0 aliphatic rings. The topological polar surface area (TPSA) is 14.1 Å². The molecule has 0 rings (SSSR count). The summed E-state index contributed by atoms with van der Waals surface area (Å²) in [6.07, 6.45) is 22.2. The maximum absolute atomic E-state index is 5.03. The molecule has 2 heteroatoms. The van der Waals surface area contributed by atoms with E-state index in [9.17, 15) is 0 Å². The molecule has 0 aromatic heterocycles. The van der Waals surface area contributed by atoms with E-state index in [2.05, 4.69) is 55.4 Å². The second kappa shape index (κ2) is 20.0. The Morgan fingerprint density at radius 1 is 0.467 bits per heavy atom. The van der Waals surface area contributed by atoms with Gasteiger partial charge in [-0.25, -0.2) is 0 Å². The van der Waals surface area contributed by atoms with E-state index in [-0.39, 0.29) is 51.4 Å². The van der Waals surface area contributed by atoms with Crippen molar-refractivity contribution in [3.8, 4) is 0 Å². The van der Waals surface area contributed by atoms with Crippen LogP contribution in [-0.2, 0) is 0 Å². The first-order chi connectivity index (χ1) is 13.5. The van der Waals surface area contributed by atoms with Gasteiger partial charge in [-0.3, -0.25) is 0 Å². The van der Waals surface area contributed by atoms with Crippen LogP contribution in [0, 0.1) is 10.8 Å². The number of rotatable bonds is 18. The third kappa shape index (κ3) is 27.6. The van der Waals surface area contributed by atoms with Crippen molar-refractivity contribution < 1.29 is 51.4 Å². The molecular weight excluding hydrogens is 389 g/mol. The Morgan fingerprint density at radius 3 is 1.03 bits per heavy atom. The molecule has 176 valence electrons. The Morgan fingerprint density at radius 2 is 0.733 bits per heavy atom. The van der Waals surface area contributed by atoms with Gasteiger partial charge in [0.15, 0.2) is 0 Å². The van der Waals surface area contributed by atoms with E-state index in [0.29, 0.717) is 22.9 Å². The summed E-state index contributed by atoms with van der Waals surface area (Å²) >= 11 is 0. The van der Waals surface area contributed by atoms with Gasteiger partial charge >= 0.3 is 51.4 Å². The Labute approximate surface area is 235 Å². The van der Waals surface area contributed by atoms with Crippen LogP contribution >= 0.6 is 0 Å². The summed E-state index contributed by atoms with van der Waals surface area (Å²) in [6, 6.07) is 1.12. The molecular formula is C28H58KN. The van der Waals surface area contributed by atoms with Gasteiger partial charge < -0.3 is 5.32 Å². The zero-order valence-corrected chi connectivity index (χ0v) is 26.0. The van der Waals surface area contributed by atoms with Crippen molar-refractivity contribution in [2.45, 2.75) is 170 Å². The molecule has 0 saturated heterocycles. The summed E-state index contributed by atoms with van der Waals surface area (Å²) in [7, 11) is 0. The van der Waals surface area contributed by atoms with E-state index in [4.69, 9.17) is 5.32 Å². The van der Waals surface area contributed by atoms with Crippen molar-refractivity contribution in [3.63, 3.8) is 0 Å². The van der Waals surface area contributed by atoms with Gasteiger partial charge in [-0.15, -0.1) is 12.1 Å². The normalized spacial score (nSPS) is 14.4. The molecule has 0 heterocycles. The van der Waals surface area contributed by atoms with E-state index in [1.807, 2.05) is 0 Å². The van der Waals surface area contributed by atoms with Crippen molar-refractivity contribution in [1.29, 1.82) is 0 Å². The van der Waals surface area contributed by atoms with E-state index in [1.54, 1.807) is 0 Å². The van der Waals surface area contributed by atoms with Gasteiger partial charge in [0.05, 0.1) is 0 Å². The van der Waals surface area contributed by atoms with Crippen molar-refractivity contribution in [3.05, 3.63) is 5.32 Å². The van der Waals surface area contributed by atoms with Crippen LogP contribution in [0.5, 0.6) is 0 Å². The Balaban J connectivity index is 0. The van der Waals surface area contributed by atoms with Gasteiger partial charge in [0.25, 0.3) is 0 Å². The second-order valence-corrected chi connectivity index (χ2v) is 12.3. The number of unbranched alkanes of at least 4 members (excludes halogenated alkanes) is 10. The fourth-order valence-corrected chi connectivity index (χ4v) is 4.19. The molecule has 0 radical (unpaired) electrons. The molecule has 1 nitrogen and oxygen atoms in total. The molecule has 0 aromatic carbocycles. The first-order valence-electron chi connectivity index (χ1n) is 13.2. The quantitative estimate of drug-likeness (QED) is 0.153. The van der Waals surface area contributed by atoms with Gasteiger partial charge in [-0.2, -0.15) is 0 Å². The van der Waals surface area contributed by atoms with Crippen molar-refractivity contribution in [1.82, 2.24) is 0 Å². The zero-order chi connectivity index (χ0) is 22.2. The third-order valence-electron chi connectivity index (χ3n) is 6.11. The summed E-state index contributed by atoms with van der Waals surface area (Å²) in [6.45, 7) is 18.8. The Bertz CT molecular complexity index is 319. The van der Waals surface area contributed by atoms with E-state index < -0.39 is 0 Å². The standard InChI is InChI=1S/C28H58N.K/c1-25(21-17-13-9-11-15-19-23-27(3,4)5)29-26(2)22-18-14-10-12-16-20-24-28(6,7)8;/h25-26H,9-24H2,1-8H3;/q-1;+1. The van der Waals surface area contributed by atoms with Gasteiger partial charge in [-0.05, 0) is 23.7 Å². The largest absolute Gasteiger partial charge is 1.00 e. The molecule has 0 saturated carbocycles. The minimum absolute atomic E-state index is 0. The van der Waals surface area contributed by atoms with E-state index in [1.165, 1.54) is 103 Å².